The molecule has 58 heavy (non-hydrogen) atoms. The summed E-state index contributed by atoms with van der Waals surface area (Å²) in [6.45, 7) is 3.52. The summed E-state index contributed by atoms with van der Waals surface area (Å²) in [5, 5.41) is 22.6. The van der Waals surface area contributed by atoms with Crippen molar-refractivity contribution in [2.75, 3.05) is 13.2 Å². The van der Waals surface area contributed by atoms with Gasteiger partial charge in [-0.05, 0) is 38.5 Å². The second-order valence-corrected chi connectivity index (χ2v) is 17.3. The highest BCUT2D eigenvalue weighted by atomic mass is 16.5. The summed E-state index contributed by atoms with van der Waals surface area (Å²) in [7, 11) is 0. The van der Waals surface area contributed by atoms with Gasteiger partial charge in [0.15, 0.2) is 0 Å². The van der Waals surface area contributed by atoms with Crippen LogP contribution >= 0.6 is 0 Å². The third-order valence-corrected chi connectivity index (χ3v) is 11.6. The topological polar surface area (TPSA) is 142 Å². The van der Waals surface area contributed by atoms with E-state index in [0.717, 1.165) is 57.8 Å². The van der Waals surface area contributed by atoms with E-state index < -0.39 is 24.5 Å². The summed E-state index contributed by atoms with van der Waals surface area (Å²) in [5.74, 6) is -2.26. The van der Waals surface area contributed by atoms with Crippen LogP contribution in [0.1, 0.15) is 264 Å². The number of carboxylic acid groups (broad SMARTS) is 1. The van der Waals surface area contributed by atoms with Crippen LogP contribution in [0.15, 0.2) is 0 Å². The first-order valence-corrected chi connectivity index (χ1v) is 24.9. The summed E-state index contributed by atoms with van der Waals surface area (Å²) >= 11 is 0. The molecule has 9 heteroatoms. The van der Waals surface area contributed by atoms with E-state index in [1.54, 1.807) is 0 Å². The Balaban J connectivity index is 4.26. The number of carbonyl (C=O) groups excluding carboxylic acids is 3. The molecule has 0 radical (unpaired) electrons. The molecule has 2 atom stereocenters. The van der Waals surface area contributed by atoms with Gasteiger partial charge in [0.2, 0.25) is 11.8 Å². The van der Waals surface area contributed by atoms with E-state index in [1.165, 1.54) is 173 Å². The van der Waals surface area contributed by atoms with Crippen molar-refractivity contribution in [1.29, 1.82) is 0 Å². The SMILES string of the molecule is CCCCCCCCCCCCCCCCCCC(=O)OC(CCCCCCCCCCCCCCCC)CCCCCCCC(=O)NCC(=O)NC(CO)C(=O)O. The van der Waals surface area contributed by atoms with Crippen molar-refractivity contribution in [2.24, 2.45) is 0 Å². The van der Waals surface area contributed by atoms with Gasteiger partial charge in [0.25, 0.3) is 0 Å². The highest BCUT2D eigenvalue weighted by Crippen LogP contribution is 2.20. The predicted molar refractivity (Wildman–Crippen MR) is 241 cm³/mol. The number of hydrogen-bond acceptors (Lipinski definition) is 6. The summed E-state index contributed by atoms with van der Waals surface area (Å²) in [6.07, 6.45) is 47.0. The molecular weight excluding hydrogens is 729 g/mol. The quantitative estimate of drug-likeness (QED) is 0.0354. The van der Waals surface area contributed by atoms with Crippen LogP contribution < -0.4 is 10.6 Å². The molecule has 0 aromatic carbocycles. The van der Waals surface area contributed by atoms with E-state index in [0.29, 0.717) is 19.3 Å². The van der Waals surface area contributed by atoms with Crippen LogP contribution in [0.5, 0.6) is 0 Å². The number of hydrogen-bond donors (Lipinski definition) is 4. The lowest BCUT2D eigenvalue weighted by molar-refractivity contribution is -0.150. The molecule has 0 bridgehead atoms. The van der Waals surface area contributed by atoms with Gasteiger partial charge in [0.05, 0.1) is 13.2 Å². The minimum absolute atomic E-state index is 0.00522. The highest BCUT2D eigenvalue weighted by molar-refractivity contribution is 5.87. The maximum absolute atomic E-state index is 12.9. The van der Waals surface area contributed by atoms with Crippen LogP contribution in [-0.4, -0.2) is 59.3 Å². The Morgan fingerprint density at radius 1 is 0.448 bits per heavy atom. The van der Waals surface area contributed by atoms with Gasteiger partial charge in [-0.15, -0.1) is 0 Å². The van der Waals surface area contributed by atoms with Crippen molar-refractivity contribution in [3.8, 4) is 0 Å². The van der Waals surface area contributed by atoms with Gasteiger partial charge in [-0.3, -0.25) is 14.4 Å². The molecule has 0 rings (SSSR count). The second-order valence-electron chi connectivity index (χ2n) is 17.3. The molecule has 0 saturated heterocycles. The lowest BCUT2D eigenvalue weighted by atomic mass is 10.0. The van der Waals surface area contributed by atoms with E-state index >= 15 is 0 Å². The number of esters is 1. The van der Waals surface area contributed by atoms with Crippen molar-refractivity contribution < 1.29 is 34.1 Å². The normalized spacial score (nSPS) is 12.3. The Morgan fingerprint density at radius 3 is 1.12 bits per heavy atom. The first-order chi connectivity index (χ1) is 28.3. The third-order valence-electron chi connectivity index (χ3n) is 11.6. The van der Waals surface area contributed by atoms with Crippen LogP contribution in [0, 0.1) is 0 Å². The van der Waals surface area contributed by atoms with Crippen LogP contribution in [0.4, 0.5) is 0 Å². The van der Waals surface area contributed by atoms with Crippen LogP contribution in [-0.2, 0) is 23.9 Å². The van der Waals surface area contributed by atoms with E-state index in [4.69, 9.17) is 14.9 Å². The molecule has 0 aromatic rings. The fraction of sp³-hybridized carbons (Fsp3) is 0.918. The zero-order valence-electron chi connectivity index (χ0n) is 38.1. The molecule has 0 saturated carbocycles. The summed E-state index contributed by atoms with van der Waals surface area (Å²) in [5.41, 5.74) is 0. The van der Waals surface area contributed by atoms with Crippen molar-refractivity contribution in [2.45, 2.75) is 276 Å². The Hall–Kier alpha value is -2.16. The summed E-state index contributed by atoms with van der Waals surface area (Å²) in [6, 6.07) is -1.38. The van der Waals surface area contributed by atoms with Gasteiger partial charge in [-0.25, -0.2) is 4.79 Å². The molecule has 342 valence electrons. The number of rotatable bonds is 46. The van der Waals surface area contributed by atoms with Gasteiger partial charge in [0.1, 0.15) is 12.1 Å². The van der Waals surface area contributed by atoms with Crippen molar-refractivity contribution in [1.82, 2.24) is 10.6 Å². The molecule has 2 amide bonds. The fourth-order valence-corrected chi connectivity index (χ4v) is 7.78. The largest absolute Gasteiger partial charge is 0.480 e. The van der Waals surface area contributed by atoms with E-state index in [2.05, 4.69) is 24.5 Å². The van der Waals surface area contributed by atoms with E-state index in [-0.39, 0.29) is 24.5 Å². The molecule has 0 aliphatic rings. The minimum Gasteiger partial charge on any atom is -0.480 e. The molecule has 0 fully saturated rings. The van der Waals surface area contributed by atoms with Crippen LogP contribution in [0.3, 0.4) is 0 Å². The number of aliphatic carboxylic acids is 1. The Kier molecular flexibility index (Phi) is 42.7. The summed E-state index contributed by atoms with van der Waals surface area (Å²) in [4.78, 5) is 47.7. The van der Waals surface area contributed by atoms with Crippen LogP contribution in [0.25, 0.3) is 0 Å². The molecule has 0 aliphatic carbocycles. The zero-order chi connectivity index (χ0) is 42.6. The van der Waals surface area contributed by atoms with Gasteiger partial charge < -0.3 is 25.6 Å². The fourth-order valence-electron chi connectivity index (χ4n) is 7.78. The first-order valence-electron chi connectivity index (χ1n) is 24.9. The summed E-state index contributed by atoms with van der Waals surface area (Å²) < 4.78 is 6.07. The average molecular weight is 823 g/mol. The Morgan fingerprint density at radius 2 is 0.776 bits per heavy atom. The molecule has 0 aliphatic heterocycles. The van der Waals surface area contributed by atoms with E-state index in [1.807, 2.05) is 0 Å². The standard InChI is InChI=1S/C49H94N2O7/c1-3-5-7-9-11-13-15-17-19-20-22-24-26-28-33-37-41-48(55)58-44(38-34-30-27-25-23-21-18-16-14-12-10-8-6-4-2)39-35-31-29-32-36-40-46(53)50-42-47(54)51-45(43-52)49(56)57/h44-45,52H,3-43H2,1-2H3,(H,50,53)(H,51,54)(H,56,57). The Labute approximate surface area is 357 Å². The predicted octanol–water partition coefficient (Wildman–Crippen LogP) is 12.8. The monoisotopic (exact) mass is 823 g/mol. The first kappa shape index (κ1) is 55.8. The molecule has 9 nitrogen and oxygen atoms in total. The lowest BCUT2D eigenvalue weighted by Crippen LogP contribution is -2.47. The van der Waals surface area contributed by atoms with Gasteiger partial charge in [-0.1, -0.05) is 213 Å². The smallest absolute Gasteiger partial charge is 0.328 e. The van der Waals surface area contributed by atoms with Gasteiger partial charge >= 0.3 is 11.9 Å². The minimum atomic E-state index is -1.38. The Bertz CT molecular complexity index is 946. The van der Waals surface area contributed by atoms with Crippen molar-refractivity contribution >= 4 is 23.8 Å². The maximum atomic E-state index is 12.9. The maximum Gasteiger partial charge on any atom is 0.328 e. The lowest BCUT2D eigenvalue weighted by Gasteiger charge is -2.18. The average Bonchev–Trinajstić information content (AvgIpc) is 3.21. The molecule has 0 heterocycles. The molecule has 2 unspecified atom stereocenters. The number of ether oxygens (including phenoxy) is 1. The number of carboxylic acids is 1. The van der Waals surface area contributed by atoms with E-state index in [9.17, 15) is 19.2 Å². The number of aliphatic hydroxyl groups excluding tert-OH is 1. The van der Waals surface area contributed by atoms with Crippen LogP contribution in [0.2, 0.25) is 0 Å². The molecule has 4 N–H and O–H groups in total. The second kappa shape index (κ2) is 44.4. The highest BCUT2D eigenvalue weighted by Gasteiger charge is 2.19. The molecular formula is C49H94N2O7. The van der Waals surface area contributed by atoms with Crippen molar-refractivity contribution in [3.63, 3.8) is 0 Å². The molecule has 0 aromatic heterocycles. The van der Waals surface area contributed by atoms with Crippen molar-refractivity contribution in [3.05, 3.63) is 0 Å². The van der Waals surface area contributed by atoms with Gasteiger partial charge in [-0.2, -0.15) is 0 Å². The number of nitrogens with one attached hydrogen (secondary N) is 2. The zero-order valence-corrected chi connectivity index (χ0v) is 38.1. The number of amides is 2. The third kappa shape index (κ3) is 40.6. The molecule has 0 spiro atoms. The number of carbonyl (C=O) groups is 4. The number of aliphatic hydroxyl groups is 1. The number of unbranched alkanes of at least 4 members (excludes halogenated alkanes) is 32. The van der Waals surface area contributed by atoms with Gasteiger partial charge in [0, 0.05) is 12.8 Å².